The van der Waals surface area contributed by atoms with E-state index in [-0.39, 0.29) is 5.41 Å². The summed E-state index contributed by atoms with van der Waals surface area (Å²) in [4.78, 5) is 0. The van der Waals surface area contributed by atoms with Gasteiger partial charge < -0.3 is 0 Å². The maximum atomic E-state index is 2.59. The minimum absolute atomic E-state index is 0.248. The third-order valence-corrected chi connectivity index (χ3v) is 8.97. The monoisotopic (exact) mass is 346 g/mol. The fraction of sp³-hybridized carbons (Fsp3) is 0.333. The summed E-state index contributed by atoms with van der Waals surface area (Å²) >= 11 is 0. The van der Waals surface area contributed by atoms with E-state index in [1.807, 2.05) is 0 Å². The van der Waals surface area contributed by atoms with Gasteiger partial charge in [0.05, 0.1) is 0 Å². The van der Waals surface area contributed by atoms with E-state index in [4.69, 9.17) is 0 Å². The molecule has 0 amide bonds. The molecule has 0 N–H and O–H groups in total. The van der Waals surface area contributed by atoms with Crippen LogP contribution in [0.4, 0.5) is 0 Å². The minimum Gasteiger partial charge on any atom is -0.0616 e. The first-order valence-electron chi connectivity index (χ1n) is 10.7. The van der Waals surface area contributed by atoms with E-state index >= 15 is 0 Å². The Morgan fingerprint density at radius 1 is 0.815 bits per heavy atom. The molecule has 0 heteroatoms. The molecule has 5 aromatic rings. The first-order valence-corrected chi connectivity index (χ1v) is 10.7. The van der Waals surface area contributed by atoms with Crippen LogP contribution in [0.5, 0.6) is 0 Å². The number of hydrogen-bond donors (Lipinski definition) is 0. The summed E-state index contributed by atoms with van der Waals surface area (Å²) in [6, 6.07) is 21.6. The van der Waals surface area contributed by atoms with Crippen molar-refractivity contribution >= 4 is 21.5 Å². The maximum Gasteiger partial charge on any atom is 0.0309 e. The molecule has 5 aliphatic rings. The van der Waals surface area contributed by atoms with Crippen LogP contribution < -0.4 is 0 Å². The molecule has 2 spiro atoms. The lowest BCUT2D eigenvalue weighted by Crippen LogP contribution is -2.52. The third-order valence-electron chi connectivity index (χ3n) is 8.97. The van der Waals surface area contributed by atoms with Crippen molar-refractivity contribution in [3.05, 3.63) is 82.4 Å². The van der Waals surface area contributed by atoms with Crippen molar-refractivity contribution in [1.82, 2.24) is 0 Å². The number of hydrogen-bond acceptors (Lipinski definition) is 0. The lowest BCUT2D eigenvalue weighted by molar-refractivity contribution is 0.231. The molecule has 130 valence electrons. The van der Waals surface area contributed by atoms with Crippen LogP contribution in [0.2, 0.25) is 0 Å². The lowest BCUT2D eigenvalue weighted by Gasteiger charge is -2.57. The predicted octanol–water partition coefficient (Wildman–Crippen LogP) is 6.59. The molecular weight excluding hydrogens is 324 g/mol. The van der Waals surface area contributed by atoms with Gasteiger partial charge in [0.2, 0.25) is 0 Å². The topological polar surface area (TPSA) is 0 Å². The average molecular weight is 346 g/mol. The molecule has 1 fully saturated rings. The van der Waals surface area contributed by atoms with Gasteiger partial charge in [-0.3, -0.25) is 0 Å². The van der Waals surface area contributed by atoms with E-state index in [1.165, 1.54) is 49.3 Å². The number of benzene rings is 5. The molecule has 1 saturated carbocycles. The van der Waals surface area contributed by atoms with Crippen LogP contribution in [0, 0.1) is 0 Å². The van der Waals surface area contributed by atoms with Gasteiger partial charge in [-0.2, -0.15) is 0 Å². The smallest absolute Gasteiger partial charge is 0.0309 e. The van der Waals surface area contributed by atoms with Crippen LogP contribution in [0.3, 0.4) is 0 Å². The molecule has 0 radical (unpaired) electrons. The zero-order valence-corrected chi connectivity index (χ0v) is 15.5. The second-order valence-electron chi connectivity index (χ2n) is 9.69. The quantitative estimate of drug-likeness (QED) is 0.337. The van der Waals surface area contributed by atoms with Crippen molar-refractivity contribution in [2.45, 2.75) is 55.3 Å². The van der Waals surface area contributed by atoms with Crippen molar-refractivity contribution in [2.75, 3.05) is 0 Å². The van der Waals surface area contributed by atoms with Gasteiger partial charge >= 0.3 is 0 Å². The minimum atomic E-state index is 0.248. The van der Waals surface area contributed by atoms with Gasteiger partial charge in [0.15, 0.2) is 0 Å². The van der Waals surface area contributed by atoms with E-state index in [1.54, 1.807) is 38.6 Å². The van der Waals surface area contributed by atoms with Crippen LogP contribution >= 0.6 is 0 Å². The normalized spacial score (nSPS) is 32.2. The molecule has 0 nitrogen and oxygen atoms in total. The standard InChI is InChI=1S/C27H22/c1-2-5-17-13-22-18(12-16(17)4-1)6-3-10-27(22)23-14-19-7-8-21(23)24-20-9-11-26(27,15-20)25(19)24/h1-2,4-5,7-8,12-14,20H,3,6,9-11,15H2. The fourth-order valence-corrected chi connectivity index (χ4v) is 8.26. The van der Waals surface area contributed by atoms with Crippen molar-refractivity contribution < 1.29 is 0 Å². The van der Waals surface area contributed by atoms with Gasteiger partial charge in [-0.25, -0.2) is 0 Å². The van der Waals surface area contributed by atoms with Crippen molar-refractivity contribution in [2.24, 2.45) is 0 Å². The molecular formula is C27H22. The highest BCUT2D eigenvalue weighted by atomic mass is 14.7. The van der Waals surface area contributed by atoms with Crippen LogP contribution in [-0.2, 0) is 17.3 Å². The zero-order valence-electron chi connectivity index (χ0n) is 15.5. The second kappa shape index (κ2) is 4.07. The second-order valence-corrected chi connectivity index (χ2v) is 9.69. The lowest BCUT2D eigenvalue weighted by atomic mass is 9.46. The molecule has 3 atom stereocenters. The summed E-state index contributed by atoms with van der Waals surface area (Å²) in [5.41, 5.74) is 9.22. The molecule has 27 heavy (non-hydrogen) atoms. The Morgan fingerprint density at radius 2 is 1.67 bits per heavy atom. The number of fused-ring (bicyclic) bond motifs is 4. The molecule has 10 rings (SSSR count). The summed E-state index contributed by atoms with van der Waals surface area (Å²) in [6.07, 6.45) is 8.17. The zero-order chi connectivity index (χ0) is 17.4. The molecule has 0 heterocycles. The van der Waals surface area contributed by atoms with Gasteiger partial charge in [0.25, 0.3) is 0 Å². The Kier molecular flexibility index (Phi) is 2.07. The van der Waals surface area contributed by atoms with E-state index in [0.29, 0.717) is 5.41 Å². The largest absolute Gasteiger partial charge is 0.0616 e. The number of rotatable bonds is 0. The summed E-state index contributed by atoms with van der Waals surface area (Å²) in [5.74, 6) is 0.837. The molecule has 3 unspecified atom stereocenters. The summed E-state index contributed by atoms with van der Waals surface area (Å²) in [7, 11) is 0. The molecule has 0 aliphatic heterocycles. The van der Waals surface area contributed by atoms with Gasteiger partial charge in [-0.1, -0.05) is 42.5 Å². The Hall–Kier alpha value is -2.34. The van der Waals surface area contributed by atoms with Gasteiger partial charge in [0, 0.05) is 10.8 Å². The van der Waals surface area contributed by atoms with Crippen LogP contribution in [-0.4, -0.2) is 0 Å². The highest BCUT2D eigenvalue weighted by Gasteiger charge is 2.67. The summed E-state index contributed by atoms with van der Waals surface area (Å²) < 4.78 is 0. The van der Waals surface area contributed by atoms with E-state index < -0.39 is 0 Å². The van der Waals surface area contributed by atoms with Crippen LogP contribution in [0.15, 0.2) is 54.6 Å². The first kappa shape index (κ1) is 13.8. The Balaban J connectivity index is 1.56. The van der Waals surface area contributed by atoms with Gasteiger partial charge in [0.1, 0.15) is 0 Å². The summed E-state index contributed by atoms with van der Waals surface area (Å²) in [5, 5.41) is 6.03. The highest BCUT2D eigenvalue weighted by Crippen LogP contribution is 2.75. The fourth-order valence-electron chi connectivity index (χ4n) is 8.26. The first-order chi connectivity index (χ1) is 13.3. The van der Waals surface area contributed by atoms with Crippen LogP contribution in [0.25, 0.3) is 21.5 Å². The van der Waals surface area contributed by atoms with Crippen molar-refractivity contribution in [3.63, 3.8) is 0 Å². The highest BCUT2D eigenvalue weighted by molar-refractivity contribution is 5.94. The van der Waals surface area contributed by atoms with Crippen molar-refractivity contribution in [3.8, 4) is 0 Å². The number of aryl methyl sites for hydroxylation is 1. The Labute approximate surface area is 159 Å². The Bertz CT molecular complexity index is 1290. The molecule has 0 aromatic heterocycles. The maximum absolute atomic E-state index is 2.59. The van der Waals surface area contributed by atoms with E-state index in [2.05, 4.69) is 54.6 Å². The summed E-state index contributed by atoms with van der Waals surface area (Å²) in [6.45, 7) is 0. The molecule has 5 aliphatic carbocycles. The molecule has 0 saturated heterocycles. The molecule has 5 aromatic carbocycles. The predicted molar refractivity (Wildman–Crippen MR) is 111 cm³/mol. The van der Waals surface area contributed by atoms with Crippen molar-refractivity contribution in [1.29, 1.82) is 0 Å². The van der Waals surface area contributed by atoms with E-state index in [9.17, 15) is 0 Å². The average Bonchev–Trinajstić information content (AvgIpc) is 3.30. The Morgan fingerprint density at radius 3 is 2.59 bits per heavy atom. The molecule has 7 bridgehead atoms. The van der Waals surface area contributed by atoms with Gasteiger partial charge in [-0.15, -0.1) is 0 Å². The van der Waals surface area contributed by atoms with Gasteiger partial charge in [-0.05, 0) is 106 Å². The SMILES string of the molecule is c1ccc2cc3c(cc2c1)CCCC31c2cc3ccc2c2c3C13CCC2C3. The third kappa shape index (κ3) is 1.24. The van der Waals surface area contributed by atoms with Crippen LogP contribution in [0.1, 0.15) is 65.8 Å². The van der Waals surface area contributed by atoms with E-state index in [0.717, 1.165) is 5.92 Å².